The number of nitrogens with zero attached hydrogens (tertiary/aromatic N) is 3. The molecule has 2 aromatic rings. The van der Waals surface area contributed by atoms with Crippen molar-refractivity contribution in [2.24, 2.45) is 0 Å². The van der Waals surface area contributed by atoms with Gasteiger partial charge in [0, 0.05) is 34.8 Å². The van der Waals surface area contributed by atoms with Crippen LogP contribution < -0.4 is 0 Å². The Morgan fingerprint density at radius 2 is 1.69 bits per heavy atom. The largest absolute Gasteiger partial charge is 0.737 e. The highest BCUT2D eigenvalue weighted by Gasteiger charge is 2.56. The lowest BCUT2D eigenvalue weighted by molar-refractivity contribution is -0.384. The van der Waals surface area contributed by atoms with E-state index in [1.54, 1.807) is 39.8 Å². The molecule has 0 amide bonds. The van der Waals surface area contributed by atoms with E-state index in [9.17, 15) is 10.1 Å². The van der Waals surface area contributed by atoms with E-state index in [1.807, 2.05) is 0 Å². The molecule has 0 bridgehead atoms. The molecule has 2 aliphatic heterocycles. The van der Waals surface area contributed by atoms with E-state index in [4.69, 9.17) is 0 Å². The lowest BCUT2D eigenvalue weighted by Crippen LogP contribution is -2.51. The number of nitro benzene ring substituents is 1. The van der Waals surface area contributed by atoms with Gasteiger partial charge in [-0.1, -0.05) is 0 Å². The van der Waals surface area contributed by atoms with Crippen molar-refractivity contribution >= 4 is 55.8 Å². The van der Waals surface area contributed by atoms with Gasteiger partial charge < -0.3 is 17.6 Å². The summed E-state index contributed by atoms with van der Waals surface area (Å²) in [5, 5.41) is 11.1. The molecule has 0 aliphatic carbocycles. The molecule has 1 aromatic carbocycles. The van der Waals surface area contributed by atoms with Crippen LogP contribution in [0.3, 0.4) is 0 Å². The highest BCUT2D eigenvalue weighted by Crippen LogP contribution is 2.48. The highest BCUT2D eigenvalue weighted by molar-refractivity contribution is 9.12. The van der Waals surface area contributed by atoms with Gasteiger partial charge in [-0.05, 0) is 81.6 Å². The zero-order chi connectivity index (χ0) is 21.4. The number of fused-ring (bicyclic) bond motifs is 2. The number of non-ortho nitro benzene ring substituents is 1. The fourth-order valence-electron chi connectivity index (χ4n) is 4.30. The first-order valence-corrected chi connectivity index (χ1v) is 10.5. The van der Waals surface area contributed by atoms with Crippen LogP contribution in [0.5, 0.6) is 0 Å². The molecular weight excluding hydrogens is 511 g/mol. The Hall–Kier alpha value is -2.07. The zero-order valence-electron chi connectivity index (χ0n) is 16.1. The number of benzene rings is 1. The molecule has 0 atom stereocenters. The second-order valence-electron chi connectivity index (χ2n) is 7.25. The summed E-state index contributed by atoms with van der Waals surface area (Å²) in [6.45, 7) is 2.81. The van der Waals surface area contributed by atoms with Gasteiger partial charge in [0.1, 0.15) is 5.71 Å². The Bertz CT molecular complexity index is 1210. The first-order valence-electron chi connectivity index (χ1n) is 8.89. The Morgan fingerprint density at radius 3 is 2.24 bits per heavy atom. The summed E-state index contributed by atoms with van der Waals surface area (Å²) in [5.74, 6) is 0. The number of nitro groups is 1. The van der Waals surface area contributed by atoms with Gasteiger partial charge in [0.05, 0.1) is 15.0 Å². The van der Waals surface area contributed by atoms with Crippen molar-refractivity contribution in [2.75, 3.05) is 0 Å². The van der Waals surface area contributed by atoms with E-state index < -0.39 is 11.9 Å². The lowest BCUT2D eigenvalue weighted by Gasteiger charge is -2.33. The second kappa shape index (κ2) is 6.47. The van der Waals surface area contributed by atoms with Crippen LogP contribution in [0.25, 0.3) is 5.57 Å². The summed E-state index contributed by atoms with van der Waals surface area (Å²) < 4.78 is 35.1. The Kier molecular flexibility index (Phi) is 4.51. The smallest absolute Gasteiger partial charge is 0.392 e. The fraction of sp³-hybridized carbons (Fsp3) is 0.211. The van der Waals surface area contributed by atoms with Crippen molar-refractivity contribution in [2.45, 2.75) is 27.7 Å². The molecule has 150 valence electrons. The highest BCUT2D eigenvalue weighted by atomic mass is 79.9. The van der Waals surface area contributed by atoms with E-state index in [1.165, 1.54) is 12.1 Å². The first kappa shape index (κ1) is 20.2. The molecular formula is C19H16BBr2F2N3O2. The van der Waals surface area contributed by atoms with E-state index in [-0.39, 0.29) is 5.69 Å². The quantitative estimate of drug-likeness (QED) is 0.277. The van der Waals surface area contributed by atoms with Gasteiger partial charge in [0.25, 0.3) is 5.69 Å². The van der Waals surface area contributed by atoms with Gasteiger partial charge >= 0.3 is 6.97 Å². The van der Waals surface area contributed by atoms with E-state index in [2.05, 4.69) is 31.9 Å². The van der Waals surface area contributed by atoms with Gasteiger partial charge in [-0.3, -0.25) is 10.1 Å². The van der Waals surface area contributed by atoms with Crippen molar-refractivity contribution in [3.05, 3.63) is 77.1 Å². The number of rotatable bonds is 2. The second-order valence-corrected chi connectivity index (χ2v) is 8.84. The van der Waals surface area contributed by atoms with Crippen LogP contribution in [0.2, 0.25) is 0 Å². The Morgan fingerprint density at radius 1 is 1.10 bits per heavy atom. The predicted molar refractivity (Wildman–Crippen MR) is 117 cm³/mol. The summed E-state index contributed by atoms with van der Waals surface area (Å²) in [7, 11) is 0. The van der Waals surface area contributed by atoms with Gasteiger partial charge in [-0.15, -0.1) is 0 Å². The van der Waals surface area contributed by atoms with Crippen molar-refractivity contribution in [1.82, 2.24) is 4.48 Å². The van der Waals surface area contributed by atoms with Crippen molar-refractivity contribution in [3.8, 4) is 0 Å². The molecule has 0 fully saturated rings. The first-order chi connectivity index (χ1) is 13.5. The maximum Gasteiger partial charge on any atom is 0.737 e. The van der Waals surface area contributed by atoms with E-state index in [0.29, 0.717) is 54.0 Å². The van der Waals surface area contributed by atoms with E-state index in [0.717, 1.165) is 8.96 Å². The number of aromatic nitrogens is 1. The van der Waals surface area contributed by atoms with Crippen molar-refractivity contribution in [3.63, 3.8) is 0 Å². The topological polar surface area (TPSA) is 51.1 Å². The van der Waals surface area contributed by atoms with Crippen molar-refractivity contribution in [1.29, 1.82) is 0 Å². The molecule has 1 aromatic heterocycles. The average molecular weight is 527 g/mol. The van der Waals surface area contributed by atoms with Crippen LogP contribution in [0.15, 0.2) is 44.5 Å². The predicted octanol–water partition coefficient (Wildman–Crippen LogP) is 5.93. The summed E-state index contributed by atoms with van der Waals surface area (Å²) in [6, 6.07) is 6.03. The molecule has 0 radical (unpaired) electrons. The zero-order valence-corrected chi connectivity index (χ0v) is 19.2. The molecule has 0 spiro atoms. The van der Waals surface area contributed by atoms with Crippen LogP contribution in [0.4, 0.5) is 14.3 Å². The Labute approximate surface area is 182 Å². The molecule has 10 heteroatoms. The third-order valence-corrected chi connectivity index (χ3v) is 8.01. The molecule has 0 unspecified atom stereocenters. The monoisotopic (exact) mass is 525 g/mol. The standard InChI is InChI=1S/C19H16BBr2F2N3O2/c1-9-16(21)11(3)25-18(9)15(13-5-7-14(8-6-13)27(28)29)19-10(2)17(22)12(4)26(19)20(25,23)24/h5-8H,1-4H3. The summed E-state index contributed by atoms with van der Waals surface area (Å²) in [5.41, 5.74) is 4.37. The summed E-state index contributed by atoms with van der Waals surface area (Å²) in [6.07, 6.45) is 0. The summed E-state index contributed by atoms with van der Waals surface area (Å²) >= 11 is 6.92. The van der Waals surface area contributed by atoms with Gasteiger partial charge in [-0.25, -0.2) is 0 Å². The minimum absolute atomic E-state index is 0.0476. The third-order valence-electron chi connectivity index (χ3n) is 5.67. The Balaban J connectivity index is 2.16. The summed E-state index contributed by atoms with van der Waals surface area (Å²) in [4.78, 5) is 10.6. The number of hydrogen-bond donors (Lipinski definition) is 0. The molecule has 0 saturated heterocycles. The molecule has 0 saturated carbocycles. The molecule has 5 nitrogen and oxygen atoms in total. The van der Waals surface area contributed by atoms with Gasteiger partial charge in [0.15, 0.2) is 5.70 Å². The van der Waals surface area contributed by atoms with Gasteiger partial charge in [-0.2, -0.15) is 0 Å². The average Bonchev–Trinajstić information content (AvgIpc) is 3.04. The molecule has 4 rings (SSSR count). The molecule has 0 N–H and O–H groups in total. The number of halogens is 4. The minimum Gasteiger partial charge on any atom is -0.392 e. The van der Waals surface area contributed by atoms with Crippen LogP contribution in [-0.4, -0.2) is 26.6 Å². The van der Waals surface area contributed by atoms with Crippen LogP contribution in [-0.2, 0) is 0 Å². The van der Waals surface area contributed by atoms with Crippen LogP contribution in [0, 0.1) is 24.0 Å². The van der Waals surface area contributed by atoms with E-state index >= 15 is 8.63 Å². The van der Waals surface area contributed by atoms with Gasteiger partial charge in [0.2, 0.25) is 0 Å². The normalized spacial score (nSPS) is 17.8. The van der Waals surface area contributed by atoms with Crippen molar-refractivity contribution < 1.29 is 18.0 Å². The molecule has 2 aliphatic rings. The lowest BCUT2D eigenvalue weighted by atomic mass is 9.84. The van der Waals surface area contributed by atoms with Crippen LogP contribution >= 0.6 is 31.9 Å². The fourth-order valence-corrected chi connectivity index (χ4v) is 5.06. The maximum absolute atomic E-state index is 15.8. The maximum atomic E-state index is 15.8. The third kappa shape index (κ3) is 2.58. The number of hydrogen-bond acceptors (Lipinski definition) is 2. The SMILES string of the molecule is CC1=C(Br)C(C)=[N+]2C1=C(c1ccc([N+](=O)[O-])cc1)c1c(C)c(Br)c(C)n1[B-]2(F)F. The number of allylic oxidation sites excluding steroid dienone is 2. The molecule has 29 heavy (non-hydrogen) atoms. The van der Waals surface area contributed by atoms with Crippen LogP contribution in [0.1, 0.15) is 36.4 Å². The molecule has 3 heterocycles. The minimum atomic E-state index is -4.12.